The number of nitrogens with two attached hydrogens (primary N) is 1. The van der Waals surface area contributed by atoms with Crippen molar-refractivity contribution in [1.82, 2.24) is 20.1 Å². The Balaban J connectivity index is 2.20. The minimum Gasteiger partial charge on any atom is -0.366 e. The molecule has 20 heavy (non-hydrogen) atoms. The molecule has 2 aromatic rings. The summed E-state index contributed by atoms with van der Waals surface area (Å²) in [5, 5.41) is 7.51. The zero-order chi connectivity index (χ0) is 14.5. The molecule has 0 aromatic carbocycles. The molecule has 0 saturated carbocycles. The van der Waals surface area contributed by atoms with Crippen LogP contribution in [0.1, 0.15) is 29.8 Å². The van der Waals surface area contributed by atoms with Gasteiger partial charge in [-0.05, 0) is 18.5 Å². The smallest absolute Gasteiger partial charge is 0.251 e. The van der Waals surface area contributed by atoms with E-state index < -0.39 is 5.91 Å². The molecule has 0 radical (unpaired) electrons. The molecule has 0 spiro atoms. The highest BCUT2D eigenvalue weighted by atomic mass is 16.1. The predicted molar refractivity (Wildman–Crippen MR) is 76.4 cm³/mol. The highest BCUT2D eigenvalue weighted by Gasteiger charge is 2.10. The number of pyridine rings is 1. The Morgan fingerprint density at radius 3 is 2.95 bits per heavy atom. The van der Waals surface area contributed by atoms with Gasteiger partial charge in [0.1, 0.15) is 0 Å². The van der Waals surface area contributed by atoms with E-state index in [-0.39, 0.29) is 0 Å². The number of carbonyl (C=O) groups is 1. The monoisotopic (exact) mass is 273 g/mol. The summed E-state index contributed by atoms with van der Waals surface area (Å²) in [5.41, 5.74) is 6.62. The summed E-state index contributed by atoms with van der Waals surface area (Å²) in [6, 6.07) is 3.87. The molecular formula is C14H19N5O. The van der Waals surface area contributed by atoms with Crippen LogP contribution >= 0.6 is 0 Å². The van der Waals surface area contributed by atoms with Crippen molar-refractivity contribution in [3.05, 3.63) is 41.9 Å². The molecule has 0 bridgehead atoms. The normalized spacial score (nSPS) is 10.9. The van der Waals surface area contributed by atoms with Gasteiger partial charge in [-0.3, -0.25) is 4.79 Å². The third-order valence-electron chi connectivity index (χ3n) is 2.82. The zero-order valence-electron chi connectivity index (χ0n) is 11.7. The van der Waals surface area contributed by atoms with Crippen LogP contribution in [-0.4, -0.2) is 27.2 Å². The fourth-order valence-corrected chi connectivity index (χ4v) is 1.84. The van der Waals surface area contributed by atoms with Gasteiger partial charge < -0.3 is 11.1 Å². The maximum Gasteiger partial charge on any atom is 0.251 e. The first-order chi connectivity index (χ1) is 9.58. The van der Waals surface area contributed by atoms with Crippen LogP contribution in [0.3, 0.4) is 0 Å². The van der Waals surface area contributed by atoms with Crippen LogP contribution in [0.2, 0.25) is 0 Å². The van der Waals surface area contributed by atoms with Gasteiger partial charge in [-0.2, -0.15) is 5.10 Å². The van der Waals surface area contributed by atoms with E-state index in [0.717, 1.165) is 12.1 Å². The van der Waals surface area contributed by atoms with Crippen molar-refractivity contribution in [1.29, 1.82) is 0 Å². The lowest BCUT2D eigenvalue weighted by atomic mass is 10.2. The lowest BCUT2D eigenvalue weighted by Gasteiger charge is -2.10. The van der Waals surface area contributed by atoms with E-state index in [2.05, 4.69) is 29.2 Å². The van der Waals surface area contributed by atoms with Crippen LogP contribution in [0, 0.1) is 5.92 Å². The summed E-state index contributed by atoms with van der Waals surface area (Å²) in [7, 11) is 0. The standard InChI is InChI=1S/C14H19N5O/c1-10(2)6-16-7-11-4-3-5-17-14(11)19-9-12(8-18-19)13(15)20/h3-5,8-10,16H,6-7H2,1-2H3,(H2,15,20). The van der Waals surface area contributed by atoms with Gasteiger partial charge in [-0.25, -0.2) is 9.67 Å². The van der Waals surface area contributed by atoms with Crippen LogP contribution in [0.15, 0.2) is 30.7 Å². The van der Waals surface area contributed by atoms with E-state index in [0.29, 0.717) is 23.8 Å². The minimum absolute atomic E-state index is 0.372. The van der Waals surface area contributed by atoms with Crippen LogP contribution < -0.4 is 11.1 Å². The molecule has 0 aliphatic carbocycles. The van der Waals surface area contributed by atoms with Crippen LogP contribution in [-0.2, 0) is 6.54 Å². The van der Waals surface area contributed by atoms with Crippen molar-refractivity contribution in [3.8, 4) is 5.82 Å². The SMILES string of the molecule is CC(C)CNCc1cccnc1-n1cc(C(N)=O)cn1. The second kappa shape index (κ2) is 6.29. The van der Waals surface area contributed by atoms with Crippen LogP contribution in [0.4, 0.5) is 0 Å². The van der Waals surface area contributed by atoms with Gasteiger partial charge in [-0.15, -0.1) is 0 Å². The Morgan fingerprint density at radius 1 is 1.50 bits per heavy atom. The second-order valence-electron chi connectivity index (χ2n) is 5.05. The molecule has 6 heteroatoms. The number of amides is 1. The van der Waals surface area contributed by atoms with E-state index in [4.69, 9.17) is 5.73 Å². The molecule has 3 N–H and O–H groups in total. The van der Waals surface area contributed by atoms with Gasteiger partial charge in [0.25, 0.3) is 5.91 Å². The predicted octanol–water partition coefficient (Wildman–Crippen LogP) is 1.11. The lowest BCUT2D eigenvalue weighted by molar-refractivity contribution is 0.100. The average Bonchev–Trinajstić information content (AvgIpc) is 2.88. The summed E-state index contributed by atoms with van der Waals surface area (Å²) in [5.74, 6) is 0.796. The molecule has 6 nitrogen and oxygen atoms in total. The van der Waals surface area contributed by atoms with Crippen LogP contribution in [0.25, 0.3) is 5.82 Å². The average molecular weight is 273 g/mol. The Labute approximate surface area is 118 Å². The van der Waals surface area contributed by atoms with E-state index in [1.165, 1.54) is 6.20 Å². The van der Waals surface area contributed by atoms with Gasteiger partial charge in [0, 0.05) is 24.5 Å². The van der Waals surface area contributed by atoms with Crippen molar-refractivity contribution in [2.24, 2.45) is 11.7 Å². The molecular weight excluding hydrogens is 254 g/mol. The molecule has 0 unspecified atom stereocenters. The summed E-state index contributed by atoms with van der Waals surface area (Å²) < 4.78 is 1.58. The highest BCUT2D eigenvalue weighted by Crippen LogP contribution is 2.11. The number of rotatable bonds is 6. The van der Waals surface area contributed by atoms with E-state index >= 15 is 0 Å². The molecule has 106 valence electrons. The Hall–Kier alpha value is -2.21. The Kier molecular flexibility index (Phi) is 4.47. The molecule has 2 rings (SSSR count). The lowest BCUT2D eigenvalue weighted by Crippen LogP contribution is -2.20. The van der Waals surface area contributed by atoms with Gasteiger partial charge in [0.15, 0.2) is 5.82 Å². The summed E-state index contributed by atoms with van der Waals surface area (Å²) >= 11 is 0. The number of nitrogens with zero attached hydrogens (tertiary/aromatic N) is 3. The quantitative estimate of drug-likeness (QED) is 0.825. The number of hydrogen-bond donors (Lipinski definition) is 2. The third-order valence-corrected chi connectivity index (χ3v) is 2.82. The number of aromatic nitrogens is 3. The molecule has 2 aromatic heterocycles. The second-order valence-corrected chi connectivity index (χ2v) is 5.05. The van der Waals surface area contributed by atoms with Gasteiger partial charge in [0.2, 0.25) is 0 Å². The molecule has 0 atom stereocenters. The van der Waals surface area contributed by atoms with E-state index in [9.17, 15) is 4.79 Å². The Bertz CT molecular complexity index is 591. The van der Waals surface area contributed by atoms with Gasteiger partial charge in [0.05, 0.1) is 11.8 Å². The topological polar surface area (TPSA) is 85.8 Å². The third kappa shape index (κ3) is 3.42. The van der Waals surface area contributed by atoms with Crippen LogP contribution in [0.5, 0.6) is 0 Å². The number of hydrogen-bond acceptors (Lipinski definition) is 4. The van der Waals surface area contributed by atoms with Gasteiger partial charge in [-0.1, -0.05) is 19.9 Å². The summed E-state index contributed by atoms with van der Waals surface area (Å²) in [4.78, 5) is 15.4. The van der Waals surface area contributed by atoms with Crippen molar-refractivity contribution < 1.29 is 4.79 Å². The van der Waals surface area contributed by atoms with E-state index in [1.807, 2.05) is 12.1 Å². The molecule has 0 saturated heterocycles. The number of carbonyl (C=O) groups excluding carboxylic acids is 1. The summed E-state index contributed by atoms with van der Waals surface area (Å²) in [6.07, 6.45) is 4.74. The maximum atomic E-state index is 11.1. The largest absolute Gasteiger partial charge is 0.366 e. The van der Waals surface area contributed by atoms with Crippen molar-refractivity contribution in [3.63, 3.8) is 0 Å². The van der Waals surface area contributed by atoms with Crippen molar-refractivity contribution in [2.45, 2.75) is 20.4 Å². The zero-order valence-corrected chi connectivity index (χ0v) is 11.7. The first-order valence-electron chi connectivity index (χ1n) is 6.57. The van der Waals surface area contributed by atoms with Crippen molar-refractivity contribution in [2.75, 3.05) is 6.54 Å². The minimum atomic E-state index is -0.494. The Morgan fingerprint density at radius 2 is 2.30 bits per heavy atom. The fraction of sp³-hybridized carbons (Fsp3) is 0.357. The van der Waals surface area contributed by atoms with Gasteiger partial charge >= 0.3 is 0 Å². The summed E-state index contributed by atoms with van der Waals surface area (Å²) in [6.45, 7) is 5.95. The first kappa shape index (κ1) is 14.2. The molecule has 0 aliphatic rings. The van der Waals surface area contributed by atoms with E-state index in [1.54, 1.807) is 17.1 Å². The fourth-order valence-electron chi connectivity index (χ4n) is 1.84. The molecule has 0 aliphatic heterocycles. The number of primary amides is 1. The number of nitrogens with one attached hydrogen (secondary N) is 1. The maximum absolute atomic E-state index is 11.1. The highest BCUT2D eigenvalue weighted by molar-refractivity contribution is 5.92. The molecule has 1 amide bonds. The molecule has 2 heterocycles. The molecule has 0 fully saturated rings. The first-order valence-corrected chi connectivity index (χ1v) is 6.57. The van der Waals surface area contributed by atoms with Crippen molar-refractivity contribution >= 4 is 5.91 Å².